The van der Waals surface area contributed by atoms with Crippen LogP contribution in [0.1, 0.15) is 32.8 Å². The summed E-state index contributed by atoms with van der Waals surface area (Å²) < 4.78 is 43.6. The maximum absolute atomic E-state index is 12.8. The van der Waals surface area contributed by atoms with Crippen LogP contribution in [0.15, 0.2) is 24.3 Å². The molecule has 116 valence electrons. The fourth-order valence-electron chi connectivity index (χ4n) is 1.99. The van der Waals surface area contributed by atoms with E-state index in [1.54, 1.807) is 6.92 Å². The molecule has 0 aliphatic heterocycles. The second-order valence-corrected chi connectivity index (χ2v) is 5.34. The molecule has 0 saturated heterocycles. The molecule has 6 heteroatoms. The highest BCUT2D eigenvalue weighted by atomic mass is 19.4. The third-order valence-corrected chi connectivity index (χ3v) is 2.91. The second kappa shape index (κ2) is 6.81. The van der Waals surface area contributed by atoms with Gasteiger partial charge in [-0.15, -0.1) is 0 Å². The maximum atomic E-state index is 12.8. The molecule has 0 amide bonds. The van der Waals surface area contributed by atoms with Crippen LogP contribution in [-0.4, -0.2) is 18.2 Å². The Labute approximate surface area is 122 Å². The fourth-order valence-corrected chi connectivity index (χ4v) is 1.99. The highest BCUT2D eigenvalue weighted by molar-refractivity contribution is 5.35. The first-order valence-electron chi connectivity index (χ1n) is 6.66. The first-order chi connectivity index (χ1) is 9.68. The van der Waals surface area contributed by atoms with Gasteiger partial charge in [0.25, 0.3) is 0 Å². The van der Waals surface area contributed by atoms with Gasteiger partial charge in [-0.25, -0.2) is 0 Å². The molecule has 0 saturated carbocycles. The van der Waals surface area contributed by atoms with Crippen LogP contribution in [0, 0.1) is 11.3 Å². The van der Waals surface area contributed by atoms with Crippen molar-refractivity contribution in [3.8, 4) is 11.8 Å². The van der Waals surface area contributed by atoms with Gasteiger partial charge in [-0.3, -0.25) is 5.32 Å². The molecule has 0 bridgehead atoms. The normalized spacial score (nSPS) is 14.6. The smallest absolute Gasteiger partial charge is 0.419 e. The molecule has 0 aromatic heterocycles. The lowest BCUT2D eigenvalue weighted by molar-refractivity contribution is -0.139. The van der Waals surface area contributed by atoms with Crippen LogP contribution in [-0.2, 0) is 6.18 Å². The monoisotopic (exact) mass is 300 g/mol. The van der Waals surface area contributed by atoms with E-state index < -0.39 is 17.3 Å². The number of hydrogen-bond donors (Lipinski definition) is 1. The van der Waals surface area contributed by atoms with Crippen molar-refractivity contribution < 1.29 is 17.9 Å². The summed E-state index contributed by atoms with van der Waals surface area (Å²) in [5.41, 5.74) is -1.64. The zero-order valence-corrected chi connectivity index (χ0v) is 12.3. The second-order valence-electron chi connectivity index (χ2n) is 5.34. The van der Waals surface area contributed by atoms with Gasteiger partial charge in [0.1, 0.15) is 11.3 Å². The van der Waals surface area contributed by atoms with Crippen LogP contribution in [0.4, 0.5) is 13.2 Å². The summed E-state index contributed by atoms with van der Waals surface area (Å²) in [6.07, 6.45) is -4.17. The van der Waals surface area contributed by atoms with E-state index in [2.05, 4.69) is 11.4 Å². The van der Waals surface area contributed by atoms with Crippen LogP contribution in [0.2, 0.25) is 0 Å². The van der Waals surface area contributed by atoms with Gasteiger partial charge in [0.2, 0.25) is 0 Å². The Kier molecular flexibility index (Phi) is 5.62. The lowest BCUT2D eigenvalue weighted by Gasteiger charge is -2.26. The van der Waals surface area contributed by atoms with Crippen molar-refractivity contribution in [3.63, 3.8) is 0 Å². The van der Waals surface area contributed by atoms with Gasteiger partial charge in [0.05, 0.1) is 18.2 Å². The molecule has 1 aromatic rings. The molecule has 1 N–H and O–H groups in total. The average Bonchev–Trinajstić information content (AvgIpc) is 2.37. The Morgan fingerprint density at radius 3 is 2.43 bits per heavy atom. The van der Waals surface area contributed by atoms with Crippen molar-refractivity contribution in [2.24, 2.45) is 0 Å². The van der Waals surface area contributed by atoms with Gasteiger partial charge in [-0.05, 0) is 32.9 Å². The topological polar surface area (TPSA) is 45.0 Å². The zero-order valence-electron chi connectivity index (χ0n) is 12.3. The predicted molar refractivity (Wildman–Crippen MR) is 73.8 cm³/mol. The van der Waals surface area contributed by atoms with Gasteiger partial charge in [0, 0.05) is 12.5 Å². The van der Waals surface area contributed by atoms with E-state index >= 15 is 0 Å². The molecule has 0 heterocycles. The number of para-hydroxylation sites is 1. The number of nitrogens with one attached hydrogen (secondary N) is 1. The van der Waals surface area contributed by atoms with Crippen LogP contribution in [0.25, 0.3) is 0 Å². The van der Waals surface area contributed by atoms with Crippen molar-refractivity contribution in [2.45, 2.75) is 44.9 Å². The van der Waals surface area contributed by atoms with Crippen molar-refractivity contribution in [2.75, 3.05) is 6.61 Å². The highest BCUT2D eigenvalue weighted by Gasteiger charge is 2.34. The summed E-state index contributed by atoms with van der Waals surface area (Å²) >= 11 is 0. The Hall–Kier alpha value is -1.74. The number of nitrogens with zero attached hydrogens (tertiary/aromatic N) is 1. The SMILES string of the molecule is CC(C)NC(C)(C#N)CCOc1ccccc1C(F)(F)F. The highest BCUT2D eigenvalue weighted by Crippen LogP contribution is 2.36. The van der Waals surface area contributed by atoms with Crippen LogP contribution < -0.4 is 10.1 Å². The molecule has 1 aromatic carbocycles. The third kappa shape index (κ3) is 5.27. The van der Waals surface area contributed by atoms with Gasteiger partial charge in [0.15, 0.2) is 0 Å². The van der Waals surface area contributed by atoms with E-state index in [1.165, 1.54) is 18.2 Å². The lowest BCUT2D eigenvalue weighted by Crippen LogP contribution is -2.45. The fraction of sp³-hybridized carbons (Fsp3) is 0.533. The van der Waals surface area contributed by atoms with Crippen LogP contribution >= 0.6 is 0 Å². The Morgan fingerprint density at radius 1 is 1.29 bits per heavy atom. The molecular formula is C15H19F3N2O. The minimum Gasteiger partial charge on any atom is -0.493 e. The Balaban J connectivity index is 2.71. The maximum Gasteiger partial charge on any atom is 0.419 e. The first kappa shape index (κ1) is 17.3. The predicted octanol–water partition coefficient (Wildman–Crippen LogP) is 3.75. The summed E-state index contributed by atoms with van der Waals surface area (Å²) in [5, 5.41) is 12.2. The lowest BCUT2D eigenvalue weighted by atomic mass is 9.99. The Bertz CT molecular complexity index is 508. The molecule has 3 nitrogen and oxygen atoms in total. The molecule has 0 fully saturated rings. The summed E-state index contributed by atoms with van der Waals surface area (Å²) in [5.74, 6) is -0.213. The summed E-state index contributed by atoms with van der Waals surface area (Å²) in [6.45, 7) is 5.52. The van der Waals surface area contributed by atoms with Crippen molar-refractivity contribution in [3.05, 3.63) is 29.8 Å². The van der Waals surface area contributed by atoms with Crippen molar-refractivity contribution >= 4 is 0 Å². The molecule has 1 rings (SSSR count). The molecule has 1 atom stereocenters. The number of hydrogen-bond acceptors (Lipinski definition) is 3. The molecule has 21 heavy (non-hydrogen) atoms. The summed E-state index contributed by atoms with van der Waals surface area (Å²) in [7, 11) is 0. The van der Waals surface area contributed by atoms with E-state index in [4.69, 9.17) is 10.00 Å². The zero-order chi connectivity index (χ0) is 16.1. The molecule has 0 spiro atoms. The van der Waals surface area contributed by atoms with E-state index in [9.17, 15) is 13.2 Å². The van der Waals surface area contributed by atoms with Crippen LogP contribution in [0.5, 0.6) is 5.75 Å². The number of alkyl halides is 3. The number of benzene rings is 1. The number of rotatable bonds is 6. The third-order valence-electron chi connectivity index (χ3n) is 2.91. The van der Waals surface area contributed by atoms with E-state index in [0.717, 1.165) is 6.07 Å². The number of nitriles is 1. The number of ether oxygens (including phenoxy) is 1. The molecule has 0 radical (unpaired) electrons. The largest absolute Gasteiger partial charge is 0.493 e. The molecule has 1 unspecified atom stereocenters. The minimum atomic E-state index is -4.45. The van der Waals surface area contributed by atoms with E-state index in [0.29, 0.717) is 0 Å². The van der Waals surface area contributed by atoms with Crippen molar-refractivity contribution in [1.29, 1.82) is 5.26 Å². The molecular weight excluding hydrogens is 281 g/mol. The summed E-state index contributed by atoms with van der Waals surface area (Å²) in [4.78, 5) is 0. The van der Waals surface area contributed by atoms with E-state index in [-0.39, 0.29) is 24.8 Å². The van der Waals surface area contributed by atoms with Gasteiger partial charge < -0.3 is 4.74 Å². The molecule has 0 aliphatic rings. The summed E-state index contributed by atoms with van der Waals surface area (Å²) in [6, 6.07) is 7.28. The molecule has 0 aliphatic carbocycles. The van der Waals surface area contributed by atoms with Gasteiger partial charge in [-0.2, -0.15) is 18.4 Å². The van der Waals surface area contributed by atoms with E-state index in [1.807, 2.05) is 13.8 Å². The van der Waals surface area contributed by atoms with Gasteiger partial charge >= 0.3 is 6.18 Å². The average molecular weight is 300 g/mol. The number of halogens is 3. The first-order valence-corrected chi connectivity index (χ1v) is 6.66. The Morgan fingerprint density at radius 2 is 1.90 bits per heavy atom. The quantitative estimate of drug-likeness (QED) is 0.870. The van der Waals surface area contributed by atoms with Crippen molar-refractivity contribution in [1.82, 2.24) is 5.32 Å². The van der Waals surface area contributed by atoms with Gasteiger partial charge in [-0.1, -0.05) is 12.1 Å². The van der Waals surface area contributed by atoms with Crippen LogP contribution in [0.3, 0.4) is 0 Å². The minimum absolute atomic E-state index is 0.0247. The standard InChI is InChI=1S/C15H19F3N2O/c1-11(2)20-14(3,10-19)8-9-21-13-7-5-4-6-12(13)15(16,17)18/h4-7,11,20H,8-9H2,1-3H3.